The molecule has 7 heteroatoms. The van der Waals surface area contributed by atoms with Crippen molar-refractivity contribution in [3.8, 4) is 5.88 Å². The first-order chi connectivity index (χ1) is 9.95. The molecule has 0 radical (unpaired) electrons. The molecule has 2 rings (SSSR count). The van der Waals surface area contributed by atoms with Gasteiger partial charge in [-0.05, 0) is 42.8 Å². The van der Waals surface area contributed by atoms with Crippen molar-refractivity contribution in [2.75, 3.05) is 11.9 Å². The lowest BCUT2D eigenvalue weighted by Gasteiger charge is -2.09. The van der Waals surface area contributed by atoms with Gasteiger partial charge in [-0.2, -0.15) is 0 Å². The number of ether oxygens (including phenoxy) is 1. The highest BCUT2D eigenvalue weighted by Crippen LogP contribution is 2.17. The summed E-state index contributed by atoms with van der Waals surface area (Å²) in [6.45, 7) is 3.21. The Bertz CT molecular complexity index is 678. The summed E-state index contributed by atoms with van der Waals surface area (Å²) in [5.41, 5.74) is 1.35. The summed E-state index contributed by atoms with van der Waals surface area (Å²) in [5.74, 6) is -0.561. The van der Waals surface area contributed by atoms with Crippen LogP contribution in [-0.4, -0.2) is 28.7 Å². The fraction of sp³-hybridized carbons (Fsp3) is 0.214. The van der Waals surface area contributed by atoms with E-state index in [0.29, 0.717) is 17.0 Å². The molecule has 0 aliphatic heterocycles. The number of rotatable bonds is 5. The molecule has 1 heterocycles. The van der Waals surface area contributed by atoms with Crippen LogP contribution < -0.4 is 10.1 Å². The van der Waals surface area contributed by atoms with Crippen LogP contribution in [-0.2, 0) is 4.79 Å². The summed E-state index contributed by atoms with van der Waals surface area (Å²) in [4.78, 5) is 22.6. The van der Waals surface area contributed by atoms with E-state index in [2.05, 4.69) is 10.5 Å². The summed E-state index contributed by atoms with van der Waals surface area (Å²) in [6.07, 6.45) is 0. The number of carboxylic acid groups (broad SMARTS) is 1. The SMILES string of the molecule is Cc1cc(OCC(=O)Nc2ccc(C(=O)O)cc2C)no1. The molecular weight excluding hydrogens is 276 g/mol. The van der Waals surface area contributed by atoms with E-state index in [4.69, 9.17) is 14.4 Å². The van der Waals surface area contributed by atoms with Gasteiger partial charge in [0.05, 0.1) is 5.56 Å². The van der Waals surface area contributed by atoms with E-state index >= 15 is 0 Å². The Kier molecular flexibility index (Phi) is 4.22. The second-order valence-corrected chi connectivity index (χ2v) is 4.45. The van der Waals surface area contributed by atoms with Gasteiger partial charge in [0.25, 0.3) is 11.8 Å². The molecule has 2 aromatic rings. The third-order valence-electron chi connectivity index (χ3n) is 2.70. The zero-order chi connectivity index (χ0) is 15.4. The summed E-state index contributed by atoms with van der Waals surface area (Å²) >= 11 is 0. The number of carboxylic acids is 1. The Labute approximate surface area is 120 Å². The Morgan fingerprint density at radius 1 is 1.33 bits per heavy atom. The van der Waals surface area contributed by atoms with Crippen LogP contribution in [0.1, 0.15) is 21.7 Å². The van der Waals surface area contributed by atoms with E-state index in [0.717, 1.165) is 0 Å². The minimum absolute atomic E-state index is 0.167. The van der Waals surface area contributed by atoms with Gasteiger partial charge >= 0.3 is 5.97 Å². The van der Waals surface area contributed by atoms with Gasteiger partial charge in [0.2, 0.25) is 0 Å². The monoisotopic (exact) mass is 290 g/mol. The maximum Gasteiger partial charge on any atom is 0.335 e. The highest BCUT2D eigenvalue weighted by atomic mass is 16.5. The first-order valence-corrected chi connectivity index (χ1v) is 6.15. The fourth-order valence-corrected chi connectivity index (χ4v) is 1.67. The lowest BCUT2D eigenvalue weighted by atomic mass is 10.1. The summed E-state index contributed by atoms with van der Waals surface area (Å²) in [6, 6.07) is 6.02. The number of anilines is 1. The van der Waals surface area contributed by atoms with Crippen molar-refractivity contribution in [2.45, 2.75) is 13.8 Å². The average molecular weight is 290 g/mol. The van der Waals surface area contributed by atoms with Crippen LogP contribution in [0, 0.1) is 13.8 Å². The molecule has 1 aromatic carbocycles. The number of benzene rings is 1. The van der Waals surface area contributed by atoms with Crippen molar-refractivity contribution in [2.24, 2.45) is 0 Å². The molecule has 0 bridgehead atoms. The zero-order valence-corrected chi connectivity index (χ0v) is 11.5. The fourth-order valence-electron chi connectivity index (χ4n) is 1.67. The molecule has 21 heavy (non-hydrogen) atoms. The lowest BCUT2D eigenvalue weighted by Crippen LogP contribution is -2.20. The van der Waals surface area contributed by atoms with Crippen LogP contribution >= 0.6 is 0 Å². The van der Waals surface area contributed by atoms with Crippen LogP contribution in [0.3, 0.4) is 0 Å². The van der Waals surface area contributed by atoms with Crippen LogP contribution in [0.25, 0.3) is 0 Å². The molecule has 0 saturated carbocycles. The largest absolute Gasteiger partial charge is 0.478 e. The van der Waals surface area contributed by atoms with Crippen molar-refractivity contribution in [1.82, 2.24) is 5.16 Å². The maximum atomic E-state index is 11.8. The molecule has 1 amide bonds. The first-order valence-electron chi connectivity index (χ1n) is 6.15. The standard InChI is InChI=1S/C14H14N2O5/c1-8-5-10(14(18)19)3-4-11(8)15-12(17)7-20-13-6-9(2)21-16-13/h3-6H,7H2,1-2H3,(H,15,17)(H,18,19). The number of carbonyl (C=O) groups is 2. The summed E-state index contributed by atoms with van der Waals surface area (Å²) in [5, 5.41) is 15.1. The van der Waals surface area contributed by atoms with E-state index in [9.17, 15) is 9.59 Å². The minimum Gasteiger partial charge on any atom is -0.478 e. The predicted molar refractivity (Wildman–Crippen MR) is 73.5 cm³/mol. The normalized spacial score (nSPS) is 10.2. The quantitative estimate of drug-likeness (QED) is 0.873. The molecule has 0 saturated heterocycles. The van der Waals surface area contributed by atoms with Crippen LogP contribution in [0.4, 0.5) is 5.69 Å². The van der Waals surface area contributed by atoms with E-state index in [1.807, 2.05) is 0 Å². The highest BCUT2D eigenvalue weighted by molar-refractivity contribution is 5.94. The van der Waals surface area contributed by atoms with Crippen LogP contribution in [0.2, 0.25) is 0 Å². The number of aromatic carboxylic acids is 1. The van der Waals surface area contributed by atoms with Crippen molar-refractivity contribution < 1.29 is 24.0 Å². The van der Waals surface area contributed by atoms with Gasteiger partial charge in [-0.1, -0.05) is 0 Å². The van der Waals surface area contributed by atoms with Gasteiger partial charge in [0, 0.05) is 11.8 Å². The number of aryl methyl sites for hydroxylation is 2. The minimum atomic E-state index is -1.01. The molecular formula is C14H14N2O5. The maximum absolute atomic E-state index is 11.8. The number of hydrogen-bond donors (Lipinski definition) is 2. The zero-order valence-electron chi connectivity index (χ0n) is 11.5. The lowest BCUT2D eigenvalue weighted by molar-refractivity contribution is -0.118. The summed E-state index contributed by atoms with van der Waals surface area (Å²) < 4.78 is 9.96. The molecule has 0 atom stereocenters. The number of carbonyl (C=O) groups excluding carboxylic acids is 1. The molecule has 0 aliphatic rings. The average Bonchev–Trinajstić information content (AvgIpc) is 2.84. The Balaban J connectivity index is 1.94. The molecule has 0 aliphatic carbocycles. The second kappa shape index (κ2) is 6.08. The smallest absolute Gasteiger partial charge is 0.335 e. The van der Waals surface area contributed by atoms with Gasteiger partial charge in [0.15, 0.2) is 6.61 Å². The Hall–Kier alpha value is -2.83. The van der Waals surface area contributed by atoms with Gasteiger partial charge < -0.3 is 19.7 Å². The molecule has 1 aromatic heterocycles. The Morgan fingerprint density at radius 3 is 2.67 bits per heavy atom. The first kappa shape index (κ1) is 14.6. The molecule has 2 N–H and O–H groups in total. The third-order valence-corrected chi connectivity index (χ3v) is 2.70. The van der Waals surface area contributed by atoms with Crippen molar-refractivity contribution in [3.05, 3.63) is 41.2 Å². The van der Waals surface area contributed by atoms with Gasteiger partial charge in [-0.25, -0.2) is 4.79 Å². The van der Waals surface area contributed by atoms with E-state index < -0.39 is 5.97 Å². The van der Waals surface area contributed by atoms with E-state index in [1.165, 1.54) is 18.2 Å². The van der Waals surface area contributed by atoms with E-state index in [1.54, 1.807) is 19.9 Å². The Morgan fingerprint density at radius 2 is 2.10 bits per heavy atom. The molecule has 110 valence electrons. The number of amides is 1. The number of nitrogens with one attached hydrogen (secondary N) is 1. The third kappa shape index (κ3) is 3.82. The molecule has 0 unspecified atom stereocenters. The van der Waals surface area contributed by atoms with Gasteiger partial charge in [0.1, 0.15) is 5.76 Å². The summed E-state index contributed by atoms with van der Waals surface area (Å²) in [7, 11) is 0. The number of hydrogen-bond acceptors (Lipinski definition) is 5. The van der Waals surface area contributed by atoms with Crippen molar-refractivity contribution >= 4 is 17.6 Å². The molecule has 0 spiro atoms. The molecule has 0 fully saturated rings. The van der Waals surface area contributed by atoms with Crippen LogP contribution in [0.15, 0.2) is 28.8 Å². The number of nitrogens with zero attached hydrogens (tertiary/aromatic N) is 1. The predicted octanol–water partition coefficient (Wildman–Crippen LogP) is 2.01. The topological polar surface area (TPSA) is 102 Å². The highest BCUT2D eigenvalue weighted by Gasteiger charge is 2.10. The second-order valence-electron chi connectivity index (χ2n) is 4.45. The molecule has 7 nitrogen and oxygen atoms in total. The van der Waals surface area contributed by atoms with Gasteiger partial charge in [-0.3, -0.25) is 4.79 Å². The van der Waals surface area contributed by atoms with Gasteiger partial charge in [-0.15, -0.1) is 0 Å². The number of aromatic nitrogens is 1. The van der Waals surface area contributed by atoms with Crippen molar-refractivity contribution in [1.29, 1.82) is 0 Å². The van der Waals surface area contributed by atoms with Crippen LogP contribution in [0.5, 0.6) is 5.88 Å². The van der Waals surface area contributed by atoms with Crippen molar-refractivity contribution in [3.63, 3.8) is 0 Å². The van der Waals surface area contributed by atoms with E-state index in [-0.39, 0.29) is 24.0 Å².